The number of nitrogens with two attached hydrogens (primary N) is 2. The van der Waals surface area contributed by atoms with Crippen LogP contribution >= 0.6 is 11.8 Å². The molecular weight excluding hydrogens is 478 g/mol. The van der Waals surface area contributed by atoms with Crippen LogP contribution in [0, 0.1) is 5.92 Å². The predicted octanol–water partition coefficient (Wildman–Crippen LogP) is -0.354. The van der Waals surface area contributed by atoms with Crippen LogP contribution in [0.5, 0.6) is 0 Å². The minimum Gasteiger partial charge on any atom is -0.481 e. The number of rotatable bonds is 19. The normalized spacial score (nSPS) is 14.5. The minimum absolute atomic E-state index is 0.00949. The summed E-state index contributed by atoms with van der Waals surface area (Å²) in [7, 11) is 0. The molecule has 0 heterocycles. The van der Waals surface area contributed by atoms with Crippen LogP contribution in [-0.4, -0.2) is 82.6 Å². The van der Waals surface area contributed by atoms with Crippen molar-refractivity contribution >= 4 is 41.4 Å². The van der Waals surface area contributed by atoms with Gasteiger partial charge in [-0.2, -0.15) is 11.8 Å². The second kappa shape index (κ2) is 18.0. The van der Waals surface area contributed by atoms with Gasteiger partial charge in [0.1, 0.15) is 18.1 Å². The Bertz CT molecular complexity index is 708. The number of hydrogen-bond donors (Lipinski definition) is 7. The molecule has 0 fully saturated rings. The summed E-state index contributed by atoms with van der Waals surface area (Å²) in [6.45, 7) is 4.13. The maximum atomic E-state index is 13.0. The largest absolute Gasteiger partial charge is 0.481 e. The summed E-state index contributed by atoms with van der Waals surface area (Å²) in [4.78, 5) is 60.6. The highest BCUT2D eigenvalue weighted by atomic mass is 32.2. The minimum atomic E-state index is -1.18. The first-order valence-electron chi connectivity index (χ1n) is 11.7. The second-order valence-electron chi connectivity index (χ2n) is 8.76. The zero-order valence-electron chi connectivity index (χ0n) is 20.7. The molecule has 0 aromatic carbocycles. The Hall–Kier alpha value is -2.38. The van der Waals surface area contributed by atoms with E-state index in [-0.39, 0.29) is 38.0 Å². The van der Waals surface area contributed by atoms with Crippen molar-refractivity contribution in [1.82, 2.24) is 16.0 Å². The Balaban J connectivity index is 5.39. The average Bonchev–Trinajstić information content (AvgIpc) is 2.78. The van der Waals surface area contributed by atoms with E-state index < -0.39 is 53.8 Å². The van der Waals surface area contributed by atoms with E-state index >= 15 is 0 Å². The van der Waals surface area contributed by atoms with Gasteiger partial charge >= 0.3 is 11.9 Å². The summed E-state index contributed by atoms with van der Waals surface area (Å²) in [5.41, 5.74) is 11.2. The number of carboxylic acid groups (broad SMARTS) is 2. The monoisotopic (exact) mass is 519 g/mol. The Labute approximate surface area is 210 Å². The van der Waals surface area contributed by atoms with Crippen molar-refractivity contribution in [3.63, 3.8) is 0 Å². The highest BCUT2D eigenvalue weighted by Crippen LogP contribution is 2.09. The van der Waals surface area contributed by atoms with Crippen molar-refractivity contribution < 1.29 is 34.2 Å². The number of thioether (sulfide) groups is 1. The molecule has 0 spiro atoms. The fraction of sp³-hybridized carbons (Fsp3) is 0.773. The molecule has 0 saturated heterocycles. The molecule has 4 atom stereocenters. The predicted molar refractivity (Wildman–Crippen MR) is 134 cm³/mol. The van der Waals surface area contributed by atoms with Gasteiger partial charge in [-0.25, -0.2) is 4.79 Å². The molecule has 0 aliphatic carbocycles. The lowest BCUT2D eigenvalue weighted by molar-refractivity contribution is -0.142. The molecule has 0 radical (unpaired) electrons. The van der Waals surface area contributed by atoms with Crippen LogP contribution < -0.4 is 27.4 Å². The number of carbonyl (C=O) groups excluding carboxylic acids is 3. The smallest absolute Gasteiger partial charge is 0.326 e. The van der Waals surface area contributed by atoms with Gasteiger partial charge < -0.3 is 37.6 Å². The second-order valence-corrected chi connectivity index (χ2v) is 9.74. The van der Waals surface area contributed by atoms with Crippen molar-refractivity contribution in [3.05, 3.63) is 0 Å². The van der Waals surface area contributed by atoms with Crippen molar-refractivity contribution in [3.8, 4) is 0 Å². The van der Waals surface area contributed by atoms with Crippen molar-refractivity contribution in [2.75, 3.05) is 18.6 Å². The number of unbranched alkanes of at least 4 members (excludes halogenated alkanes) is 1. The van der Waals surface area contributed by atoms with Gasteiger partial charge in [-0.05, 0) is 63.0 Å². The maximum absolute atomic E-state index is 13.0. The zero-order valence-corrected chi connectivity index (χ0v) is 21.6. The molecule has 0 aromatic heterocycles. The Morgan fingerprint density at radius 3 is 1.91 bits per heavy atom. The summed E-state index contributed by atoms with van der Waals surface area (Å²) in [6, 6.07) is -4.21. The van der Waals surface area contributed by atoms with E-state index in [4.69, 9.17) is 16.6 Å². The maximum Gasteiger partial charge on any atom is 0.326 e. The molecule has 0 aromatic rings. The van der Waals surface area contributed by atoms with E-state index in [9.17, 15) is 29.1 Å². The van der Waals surface area contributed by atoms with E-state index in [0.717, 1.165) is 0 Å². The fourth-order valence-corrected chi connectivity index (χ4v) is 3.66. The molecule has 202 valence electrons. The standard InChI is InChI=1S/C22H41N5O7S/c1-13(2)12-17(21(32)26-16(22(33)34)6-4-5-10-23)27-20(31)15(9-11-35-3)25-19(30)14(24)7-8-18(28)29/h13-17H,4-12,23-24H2,1-3H3,(H,25,30)(H,26,32)(H,27,31)(H,28,29)(H,33,34). The van der Waals surface area contributed by atoms with Crippen LogP contribution in [0.4, 0.5) is 0 Å². The fourth-order valence-electron chi connectivity index (χ4n) is 3.19. The Kier molecular flexibility index (Phi) is 16.7. The van der Waals surface area contributed by atoms with Crippen LogP contribution in [-0.2, 0) is 24.0 Å². The Morgan fingerprint density at radius 1 is 0.829 bits per heavy atom. The number of carbonyl (C=O) groups is 5. The molecule has 13 heteroatoms. The molecule has 9 N–H and O–H groups in total. The molecule has 35 heavy (non-hydrogen) atoms. The third-order valence-electron chi connectivity index (χ3n) is 5.15. The first-order chi connectivity index (χ1) is 16.4. The number of carboxylic acids is 2. The van der Waals surface area contributed by atoms with E-state index in [1.54, 1.807) is 0 Å². The first kappa shape index (κ1) is 32.6. The first-order valence-corrected chi connectivity index (χ1v) is 13.1. The number of hydrogen-bond acceptors (Lipinski definition) is 8. The summed E-state index contributed by atoms with van der Waals surface area (Å²) in [6.07, 6.45) is 3.34. The van der Waals surface area contributed by atoms with Gasteiger partial charge in [0, 0.05) is 6.42 Å². The molecule has 0 aliphatic heterocycles. The summed E-state index contributed by atoms with van der Waals surface area (Å²) in [5.74, 6) is -3.61. The SMILES string of the molecule is CSCCC(NC(=O)C(N)CCC(=O)O)C(=O)NC(CC(C)C)C(=O)NC(CCCCN)C(=O)O. The molecule has 3 amide bonds. The number of amides is 3. The average molecular weight is 520 g/mol. The van der Waals surface area contributed by atoms with Gasteiger partial charge in [0.05, 0.1) is 6.04 Å². The van der Waals surface area contributed by atoms with Gasteiger partial charge in [0.2, 0.25) is 17.7 Å². The van der Waals surface area contributed by atoms with Gasteiger partial charge in [-0.3, -0.25) is 19.2 Å². The topological polar surface area (TPSA) is 214 Å². The van der Waals surface area contributed by atoms with Crippen molar-refractivity contribution in [2.45, 2.75) is 83.0 Å². The highest BCUT2D eigenvalue weighted by Gasteiger charge is 2.30. The van der Waals surface area contributed by atoms with Crippen LogP contribution in [0.3, 0.4) is 0 Å². The summed E-state index contributed by atoms with van der Waals surface area (Å²) < 4.78 is 0. The molecular formula is C22H41N5O7S. The molecule has 0 saturated carbocycles. The Morgan fingerprint density at radius 2 is 1.40 bits per heavy atom. The van der Waals surface area contributed by atoms with Gasteiger partial charge in [-0.1, -0.05) is 13.8 Å². The third kappa shape index (κ3) is 14.6. The summed E-state index contributed by atoms with van der Waals surface area (Å²) >= 11 is 1.46. The molecule has 0 rings (SSSR count). The van der Waals surface area contributed by atoms with Crippen LogP contribution in [0.1, 0.15) is 58.8 Å². The quantitative estimate of drug-likeness (QED) is 0.110. The third-order valence-corrected chi connectivity index (χ3v) is 5.80. The zero-order chi connectivity index (χ0) is 27.0. The van der Waals surface area contributed by atoms with E-state index in [2.05, 4.69) is 16.0 Å². The van der Waals surface area contributed by atoms with Gasteiger partial charge in [-0.15, -0.1) is 0 Å². The van der Waals surface area contributed by atoms with Gasteiger partial charge in [0.25, 0.3) is 0 Å². The van der Waals surface area contributed by atoms with E-state index in [1.807, 2.05) is 20.1 Å². The molecule has 0 aliphatic rings. The number of aliphatic carboxylic acids is 2. The van der Waals surface area contributed by atoms with Crippen LogP contribution in [0.2, 0.25) is 0 Å². The van der Waals surface area contributed by atoms with E-state index in [0.29, 0.717) is 25.1 Å². The van der Waals surface area contributed by atoms with Crippen LogP contribution in [0.15, 0.2) is 0 Å². The van der Waals surface area contributed by atoms with E-state index in [1.165, 1.54) is 11.8 Å². The lowest BCUT2D eigenvalue weighted by atomic mass is 10.0. The lowest BCUT2D eigenvalue weighted by Crippen LogP contribution is -2.57. The molecule has 4 unspecified atom stereocenters. The molecule has 12 nitrogen and oxygen atoms in total. The van der Waals surface area contributed by atoms with Crippen molar-refractivity contribution in [2.24, 2.45) is 17.4 Å². The molecule has 0 bridgehead atoms. The van der Waals surface area contributed by atoms with Crippen LogP contribution in [0.25, 0.3) is 0 Å². The lowest BCUT2D eigenvalue weighted by Gasteiger charge is -2.26. The van der Waals surface area contributed by atoms with Gasteiger partial charge in [0.15, 0.2) is 0 Å². The summed E-state index contributed by atoms with van der Waals surface area (Å²) in [5, 5.41) is 25.9. The van der Waals surface area contributed by atoms with Crippen molar-refractivity contribution in [1.29, 1.82) is 0 Å². The highest BCUT2D eigenvalue weighted by molar-refractivity contribution is 7.98. The number of nitrogens with one attached hydrogen (secondary N) is 3.